The summed E-state index contributed by atoms with van der Waals surface area (Å²) in [6.07, 6.45) is 1.29. The number of rotatable bonds is 5. The smallest absolute Gasteiger partial charge is 0.342 e. The molecule has 1 aliphatic rings. The second-order valence-corrected chi connectivity index (χ2v) is 4.38. The van der Waals surface area contributed by atoms with Crippen molar-refractivity contribution in [3.05, 3.63) is 22.1 Å². The Balaban J connectivity index is 1.91. The molecule has 1 fully saturated rings. The van der Waals surface area contributed by atoms with Crippen LogP contribution < -0.4 is 0 Å². The first-order chi connectivity index (χ1) is 8.11. The SMILES string of the molecule is Cc1ncc([N+](=O)[O-])n1CCN1CC(CO)C1. The Morgan fingerprint density at radius 3 is 2.88 bits per heavy atom. The lowest BCUT2D eigenvalue weighted by atomic mass is 10.0. The first-order valence-corrected chi connectivity index (χ1v) is 5.61. The van der Waals surface area contributed by atoms with Gasteiger partial charge in [0.1, 0.15) is 12.7 Å². The molecule has 7 heteroatoms. The summed E-state index contributed by atoms with van der Waals surface area (Å²) < 4.78 is 1.62. The summed E-state index contributed by atoms with van der Waals surface area (Å²) in [5, 5.41) is 19.6. The summed E-state index contributed by atoms with van der Waals surface area (Å²) in [6, 6.07) is 0. The number of hydrogen-bond donors (Lipinski definition) is 1. The molecule has 0 amide bonds. The molecular weight excluding hydrogens is 224 g/mol. The van der Waals surface area contributed by atoms with E-state index in [2.05, 4.69) is 9.88 Å². The lowest BCUT2D eigenvalue weighted by molar-refractivity contribution is -0.392. The Kier molecular flexibility index (Phi) is 3.39. The number of aromatic nitrogens is 2. The fraction of sp³-hybridized carbons (Fsp3) is 0.700. The number of nitrogens with zero attached hydrogens (tertiary/aromatic N) is 4. The Morgan fingerprint density at radius 1 is 1.59 bits per heavy atom. The van der Waals surface area contributed by atoms with E-state index in [0.717, 1.165) is 19.6 Å². The number of nitro groups is 1. The molecule has 0 aromatic carbocycles. The van der Waals surface area contributed by atoms with Crippen molar-refractivity contribution in [1.29, 1.82) is 0 Å². The van der Waals surface area contributed by atoms with Gasteiger partial charge >= 0.3 is 5.82 Å². The van der Waals surface area contributed by atoms with Crippen LogP contribution in [0, 0.1) is 23.0 Å². The van der Waals surface area contributed by atoms with Crippen molar-refractivity contribution < 1.29 is 10.0 Å². The highest BCUT2D eigenvalue weighted by molar-refractivity contribution is 5.18. The van der Waals surface area contributed by atoms with Crippen LogP contribution in [0.4, 0.5) is 5.82 Å². The van der Waals surface area contributed by atoms with Gasteiger partial charge < -0.3 is 15.2 Å². The van der Waals surface area contributed by atoms with E-state index >= 15 is 0 Å². The number of imidazole rings is 1. The van der Waals surface area contributed by atoms with Gasteiger partial charge in [0.05, 0.1) is 0 Å². The van der Waals surface area contributed by atoms with E-state index in [0.29, 0.717) is 18.3 Å². The number of aliphatic hydroxyl groups excluding tert-OH is 1. The first kappa shape index (κ1) is 12.0. The maximum absolute atomic E-state index is 10.8. The molecular formula is C10H16N4O3. The zero-order chi connectivity index (χ0) is 12.4. The van der Waals surface area contributed by atoms with Gasteiger partial charge in [-0.15, -0.1) is 0 Å². The largest absolute Gasteiger partial charge is 0.396 e. The van der Waals surface area contributed by atoms with E-state index in [4.69, 9.17) is 5.11 Å². The first-order valence-electron chi connectivity index (χ1n) is 5.61. The maximum Gasteiger partial charge on any atom is 0.342 e. The third kappa shape index (κ3) is 2.45. The molecule has 2 heterocycles. The van der Waals surface area contributed by atoms with Crippen molar-refractivity contribution in [2.45, 2.75) is 13.5 Å². The van der Waals surface area contributed by atoms with E-state index in [1.54, 1.807) is 11.5 Å². The molecule has 0 saturated carbocycles. The van der Waals surface area contributed by atoms with Gasteiger partial charge in [0.15, 0.2) is 5.82 Å². The third-order valence-electron chi connectivity index (χ3n) is 3.15. The lowest BCUT2D eigenvalue weighted by Crippen LogP contribution is -2.49. The van der Waals surface area contributed by atoms with Crippen molar-refractivity contribution in [2.75, 3.05) is 26.2 Å². The zero-order valence-electron chi connectivity index (χ0n) is 9.74. The number of hydrogen-bond acceptors (Lipinski definition) is 5. The summed E-state index contributed by atoms with van der Waals surface area (Å²) in [4.78, 5) is 16.5. The minimum atomic E-state index is -0.410. The topological polar surface area (TPSA) is 84.4 Å². The van der Waals surface area contributed by atoms with Crippen LogP contribution in [0.1, 0.15) is 5.82 Å². The van der Waals surface area contributed by atoms with Crippen LogP contribution in [0.5, 0.6) is 0 Å². The summed E-state index contributed by atoms with van der Waals surface area (Å²) in [6.45, 7) is 5.06. The number of likely N-dealkylation sites (tertiary alicyclic amines) is 1. The van der Waals surface area contributed by atoms with Crippen LogP contribution in [-0.2, 0) is 6.54 Å². The number of aryl methyl sites for hydroxylation is 1. The summed E-state index contributed by atoms with van der Waals surface area (Å²) >= 11 is 0. The fourth-order valence-corrected chi connectivity index (χ4v) is 2.09. The average molecular weight is 240 g/mol. The van der Waals surface area contributed by atoms with E-state index < -0.39 is 4.92 Å². The Labute approximate surface area is 98.8 Å². The fourth-order valence-electron chi connectivity index (χ4n) is 2.09. The molecule has 0 bridgehead atoms. The minimum absolute atomic E-state index is 0.0433. The third-order valence-corrected chi connectivity index (χ3v) is 3.15. The Bertz CT molecular complexity index is 412. The molecule has 7 nitrogen and oxygen atoms in total. The van der Waals surface area contributed by atoms with Crippen molar-refractivity contribution in [3.63, 3.8) is 0 Å². The van der Waals surface area contributed by atoms with Gasteiger partial charge in [0.25, 0.3) is 0 Å². The molecule has 1 aliphatic heterocycles. The van der Waals surface area contributed by atoms with E-state index in [1.165, 1.54) is 6.20 Å². The van der Waals surface area contributed by atoms with Gasteiger partial charge in [0, 0.05) is 39.1 Å². The highest BCUT2D eigenvalue weighted by Crippen LogP contribution is 2.17. The lowest BCUT2D eigenvalue weighted by Gasteiger charge is -2.37. The summed E-state index contributed by atoms with van der Waals surface area (Å²) in [5.74, 6) is 1.08. The molecule has 0 aliphatic carbocycles. The van der Waals surface area contributed by atoms with Gasteiger partial charge in [-0.05, 0) is 4.92 Å². The molecule has 1 N–H and O–H groups in total. The van der Waals surface area contributed by atoms with Crippen LogP contribution in [0.2, 0.25) is 0 Å². The standard InChI is InChI=1S/C10H16N4O3/c1-8-11-4-10(14(16)17)13(8)3-2-12-5-9(6-12)7-15/h4,9,15H,2-3,5-7H2,1H3. The number of aliphatic hydroxyl groups is 1. The molecule has 0 spiro atoms. The molecule has 0 unspecified atom stereocenters. The monoisotopic (exact) mass is 240 g/mol. The van der Waals surface area contributed by atoms with Crippen LogP contribution in [0.15, 0.2) is 6.20 Å². The Morgan fingerprint density at radius 2 is 2.29 bits per heavy atom. The molecule has 94 valence electrons. The quantitative estimate of drug-likeness (QED) is 0.579. The van der Waals surface area contributed by atoms with Crippen LogP contribution in [0.25, 0.3) is 0 Å². The zero-order valence-corrected chi connectivity index (χ0v) is 9.74. The van der Waals surface area contributed by atoms with E-state index in [1.807, 2.05) is 0 Å². The van der Waals surface area contributed by atoms with Crippen LogP contribution in [-0.4, -0.2) is 50.7 Å². The second kappa shape index (κ2) is 4.80. The maximum atomic E-state index is 10.8. The van der Waals surface area contributed by atoms with Crippen LogP contribution in [0.3, 0.4) is 0 Å². The molecule has 2 rings (SSSR count). The predicted molar refractivity (Wildman–Crippen MR) is 60.6 cm³/mol. The molecule has 0 atom stereocenters. The van der Waals surface area contributed by atoms with Crippen LogP contribution >= 0.6 is 0 Å². The summed E-state index contributed by atoms with van der Waals surface area (Å²) in [7, 11) is 0. The van der Waals surface area contributed by atoms with E-state index in [-0.39, 0.29) is 12.4 Å². The van der Waals surface area contributed by atoms with Crippen molar-refractivity contribution >= 4 is 5.82 Å². The molecule has 1 aromatic rings. The molecule has 1 aromatic heterocycles. The van der Waals surface area contributed by atoms with Gasteiger partial charge in [-0.3, -0.25) is 4.90 Å². The van der Waals surface area contributed by atoms with Gasteiger partial charge in [-0.1, -0.05) is 0 Å². The van der Waals surface area contributed by atoms with Gasteiger partial charge in [0.2, 0.25) is 0 Å². The van der Waals surface area contributed by atoms with Crippen molar-refractivity contribution in [1.82, 2.24) is 14.5 Å². The highest BCUT2D eigenvalue weighted by atomic mass is 16.6. The summed E-state index contributed by atoms with van der Waals surface area (Å²) in [5.41, 5.74) is 0. The highest BCUT2D eigenvalue weighted by Gasteiger charge is 2.27. The second-order valence-electron chi connectivity index (χ2n) is 4.38. The predicted octanol–water partition coefficient (Wildman–Crippen LogP) is 0.0238. The van der Waals surface area contributed by atoms with E-state index in [9.17, 15) is 10.1 Å². The molecule has 1 saturated heterocycles. The average Bonchev–Trinajstić information content (AvgIpc) is 2.58. The van der Waals surface area contributed by atoms with Crippen molar-refractivity contribution in [2.24, 2.45) is 5.92 Å². The normalized spacial score (nSPS) is 17.1. The molecule has 17 heavy (non-hydrogen) atoms. The van der Waals surface area contributed by atoms with Gasteiger partial charge in [-0.25, -0.2) is 9.55 Å². The van der Waals surface area contributed by atoms with Crippen molar-refractivity contribution in [3.8, 4) is 0 Å². The Hall–Kier alpha value is -1.47. The minimum Gasteiger partial charge on any atom is -0.396 e. The van der Waals surface area contributed by atoms with Gasteiger partial charge in [-0.2, -0.15) is 0 Å². The molecule has 0 radical (unpaired) electrons.